The monoisotopic (exact) mass is 360 g/mol. The van der Waals surface area contributed by atoms with E-state index < -0.39 is 5.91 Å². The number of rotatable bonds is 11. The molecular formula is C20H28N2O4. The summed E-state index contributed by atoms with van der Waals surface area (Å²) in [5.41, 5.74) is 1.47. The third-order valence-electron chi connectivity index (χ3n) is 3.66. The molecule has 6 heteroatoms. The lowest BCUT2D eigenvalue weighted by atomic mass is 10.1. The molecule has 0 aliphatic heterocycles. The summed E-state index contributed by atoms with van der Waals surface area (Å²) >= 11 is 0. The van der Waals surface area contributed by atoms with Crippen LogP contribution in [0.1, 0.15) is 50.4 Å². The maximum Gasteiger partial charge on any atom is 0.248 e. The smallest absolute Gasteiger partial charge is 0.248 e. The molecule has 0 atom stereocenters. The fraction of sp³-hybridized carbons (Fsp3) is 0.450. The van der Waals surface area contributed by atoms with Gasteiger partial charge in [-0.1, -0.05) is 13.3 Å². The van der Waals surface area contributed by atoms with Gasteiger partial charge in [-0.25, -0.2) is 0 Å². The van der Waals surface area contributed by atoms with Crippen molar-refractivity contribution in [2.75, 3.05) is 25.1 Å². The van der Waals surface area contributed by atoms with E-state index in [0.717, 1.165) is 25.9 Å². The molecule has 0 unspecified atom stereocenters. The fourth-order valence-corrected chi connectivity index (χ4v) is 2.09. The van der Waals surface area contributed by atoms with E-state index >= 15 is 0 Å². The Morgan fingerprint density at radius 1 is 1.04 bits per heavy atom. The third-order valence-corrected chi connectivity index (χ3v) is 3.66. The maximum atomic E-state index is 12.0. The SMILES string of the molecule is CCCCOCCCNC(=O)/C(C)=C\C(=O)Nc1ccc(C(C)=O)cc1. The minimum absolute atomic E-state index is 0.0361. The maximum absolute atomic E-state index is 12.0. The van der Waals surface area contributed by atoms with Gasteiger partial charge in [0.15, 0.2) is 5.78 Å². The quantitative estimate of drug-likeness (QED) is 0.361. The van der Waals surface area contributed by atoms with E-state index in [-0.39, 0.29) is 11.7 Å². The van der Waals surface area contributed by atoms with Gasteiger partial charge < -0.3 is 15.4 Å². The van der Waals surface area contributed by atoms with Crippen molar-refractivity contribution in [3.05, 3.63) is 41.5 Å². The van der Waals surface area contributed by atoms with Gasteiger partial charge in [0, 0.05) is 42.7 Å². The zero-order valence-corrected chi connectivity index (χ0v) is 15.8. The lowest BCUT2D eigenvalue weighted by Crippen LogP contribution is -2.26. The lowest BCUT2D eigenvalue weighted by molar-refractivity contribution is -0.118. The zero-order chi connectivity index (χ0) is 19.4. The molecule has 2 N–H and O–H groups in total. The van der Waals surface area contributed by atoms with E-state index in [0.29, 0.717) is 30.0 Å². The Morgan fingerprint density at radius 2 is 1.69 bits per heavy atom. The number of hydrogen-bond donors (Lipinski definition) is 2. The highest BCUT2D eigenvalue weighted by Crippen LogP contribution is 2.10. The third kappa shape index (κ3) is 8.58. The van der Waals surface area contributed by atoms with Crippen LogP contribution in [0.25, 0.3) is 0 Å². The molecule has 1 aromatic carbocycles. The van der Waals surface area contributed by atoms with Crippen LogP contribution in [0.3, 0.4) is 0 Å². The minimum Gasteiger partial charge on any atom is -0.381 e. The summed E-state index contributed by atoms with van der Waals surface area (Å²) in [6.45, 7) is 7.04. The van der Waals surface area contributed by atoms with Crippen LogP contribution in [0, 0.1) is 0 Å². The summed E-state index contributed by atoms with van der Waals surface area (Å²) in [5.74, 6) is -0.706. The highest BCUT2D eigenvalue weighted by Gasteiger charge is 2.07. The van der Waals surface area contributed by atoms with Crippen LogP contribution >= 0.6 is 0 Å². The van der Waals surface area contributed by atoms with Crippen molar-refractivity contribution in [3.8, 4) is 0 Å². The van der Waals surface area contributed by atoms with Crippen LogP contribution in [0.5, 0.6) is 0 Å². The van der Waals surface area contributed by atoms with Crippen LogP contribution in [-0.2, 0) is 14.3 Å². The summed E-state index contributed by atoms with van der Waals surface area (Å²) in [5, 5.41) is 5.42. The Kier molecular flexibility index (Phi) is 9.94. The predicted octanol–water partition coefficient (Wildman–Crippen LogP) is 3.10. The lowest BCUT2D eigenvalue weighted by Gasteiger charge is -2.07. The highest BCUT2D eigenvalue weighted by molar-refractivity contribution is 6.06. The average Bonchev–Trinajstić information content (AvgIpc) is 2.61. The molecule has 0 fully saturated rings. The number of nitrogens with one attached hydrogen (secondary N) is 2. The topological polar surface area (TPSA) is 84.5 Å². The molecule has 1 aromatic rings. The van der Waals surface area contributed by atoms with Gasteiger partial charge in [-0.2, -0.15) is 0 Å². The van der Waals surface area contributed by atoms with E-state index in [2.05, 4.69) is 17.6 Å². The van der Waals surface area contributed by atoms with Gasteiger partial charge in [-0.15, -0.1) is 0 Å². The number of anilines is 1. The summed E-state index contributed by atoms with van der Waals surface area (Å²) in [6.07, 6.45) is 4.13. The number of Topliss-reactive ketones (excluding diaryl/α,β-unsaturated/α-hetero) is 1. The van der Waals surface area contributed by atoms with Gasteiger partial charge >= 0.3 is 0 Å². The number of hydrogen-bond acceptors (Lipinski definition) is 4. The molecule has 2 amide bonds. The predicted molar refractivity (Wildman–Crippen MR) is 102 cm³/mol. The highest BCUT2D eigenvalue weighted by atomic mass is 16.5. The summed E-state index contributed by atoms with van der Waals surface area (Å²) in [6, 6.07) is 6.58. The Balaban J connectivity index is 2.36. The van der Waals surface area contributed by atoms with Gasteiger partial charge in [-0.05, 0) is 51.0 Å². The standard InChI is InChI=1S/C20H28N2O4/c1-4-5-12-26-13-6-11-21-20(25)15(2)14-19(24)22-18-9-7-17(8-10-18)16(3)23/h7-10,14H,4-6,11-13H2,1-3H3,(H,21,25)(H,22,24)/b15-14-. The molecule has 0 radical (unpaired) electrons. The summed E-state index contributed by atoms with van der Waals surface area (Å²) < 4.78 is 5.42. The Morgan fingerprint density at radius 3 is 2.31 bits per heavy atom. The number of ether oxygens (including phenoxy) is 1. The Labute approximate surface area is 155 Å². The second kappa shape index (κ2) is 12.0. The van der Waals surface area contributed by atoms with E-state index in [4.69, 9.17) is 4.74 Å². The van der Waals surface area contributed by atoms with Gasteiger partial charge in [0.1, 0.15) is 0 Å². The van der Waals surface area contributed by atoms with Crippen LogP contribution in [0.2, 0.25) is 0 Å². The van der Waals surface area contributed by atoms with Gasteiger partial charge in [0.2, 0.25) is 11.8 Å². The second-order valence-electron chi connectivity index (χ2n) is 6.03. The number of carbonyl (C=O) groups is 3. The molecule has 142 valence electrons. The largest absolute Gasteiger partial charge is 0.381 e. The van der Waals surface area contributed by atoms with Gasteiger partial charge in [-0.3, -0.25) is 14.4 Å². The zero-order valence-electron chi connectivity index (χ0n) is 15.8. The molecule has 1 rings (SSSR count). The van der Waals surface area contributed by atoms with E-state index in [1.807, 2.05) is 0 Å². The van der Waals surface area contributed by atoms with Crippen molar-refractivity contribution in [3.63, 3.8) is 0 Å². The molecule has 0 spiro atoms. The van der Waals surface area contributed by atoms with Crippen molar-refractivity contribution >= 4 is 23.3 Å². The molecule has 0 heterocycles. The van der Waals surface area contributed by atoms with Crippen LogP contribution in [0.4, 0.5) is 5.69 Å². The molecule has 0 aliphatic carbocycles. The van der Waals surface area contributed by atoms with Gasteiger partial charge in [0.05, 0.1) is 0 Å². The first-order valence-corrected chi connectivity index (χ1v) is 8.90. The Hall–Kier alpha value is -2.47. The van der Waals surface area contributed by atoms with Crippen molar-refractivity contribution in [2.24, 2.45) is 0 Å². The fourth-order valence-electron chi connectivity index (χ4n) is 2.09. The normalized spacial score (nSPS) is 11.1. The molecular weight excluding hydrogens is 332 g/mol. The molecule has 0 aromatic heterocycles. The van der Waals surface area contributed by atoms with E-state index in [9.17, 15) is 14.4 Å². The summed E-state index contributed by atoms with van der Waals surface area (Å²) in [7, 11) is 0. The molecule has 0 saturated heterocycles. The first-order valence-electron chi connectivity index (χ1n) is 8.90. The number of ketones is 1. The molecule has 0 saturated carbocycles. The van der Waals surface area contributed by atoms with Crippen LogP contribution < -0.4 is 10.6 Å². The van der Waals surface area contributed by atoms with Crippen molar-refractivity contribution < 1.29 is 19.1 Å². The van der Waals surface area contributed by atoms with Crippen molar-refractivity contribution in [1.29, 1.82) is 0 Å². The number of carbonyl (C=O) groups excluding carboxylic acids is 3. The minimum atomic E-state index is -0.392. The Bertz CT molecular complexity index is 636. The molecule has 26 heavy (non-hydrogen) atoms. The molecule has 0 aliphatic rings. The van der Waals surface area contributed by atoms with Crippen LogP contribution in [0.15, 0.2) is 35.9 Å². The second-order valence-corrected chi connectivity index (χ2v) is 6.03. The van der Waals surface area contributed by atoms with Crippen molar-refractivity contribution in [2.45, 2.75) is 40.0 Å². The summed E-state index contributed by atoms with van der Waals surface area (Å²) in [4.78, 5) is 35.1. The number of amides is 2. The number of unbranched alkanes of at least 4 members (excludes halogenated alkanes) is 1. The molecule has 6 nitrogen and oxygen atoms in total. The van der Waals surface area contributed by atoms with E-state index in [1.54, 1.807) is 31.2 Å². The first kappa shape index (κ1) is 21.6. The van der Waals surface area contributed by atoms with E-state index in [1.165, 1.54) is 13.0 Å². The van der Waals surface area contributed by atoms with Gasteiger partial charge in [0.25, 0.3) is 0 Å². The molecule has 0 bridgehead atoms. The number of benzene rings is 1. The average molecular weight is 360 g/mol. The first-order chi connectivity index (χ1) is 12.4. The van der Waals surface area contributed by atoms with Crippen LogP contribution in [-0.4, -0.2) is 37.4 Å². The van der Waals surface area contributed by atoms with Crippen molar-refractivity contribution in [1.82, 2.24) is 5.32 Å².